The molecule has 4 nitrogen and oxygen atoms in total. The number of rotatable bonds is 8. The summed E-state index contributed by atoms with van der Waals surface area (Å²) in [5, 5.41) is 3.31. The van der Waals surface area contributed by atoms with E-state index in [1.807, 2.05) is 24.1 Å². The quantitative estimate of drug-likeness (QED) is 0.736. The molecule has 1 amide bonds. The molecule has 0 radical (unpaired) electrons. The van der Waals surface area contributed by atoms with Crippen LogP contribution >= 0.6 is 11.6 Å². The van der Waals surface area contributed by atoms with Gasteiger partial charge in [0.05, 0.1) is 13.2 Å². The fraction of sp³-hybridized carbons (Fsp3) is 0.278. The third kappa shape index (κ3) is 6.56. The molecule has 0 saturated carbocycles. The number of carbonyl (C=O) groups is 1. The van der Waals surface area contributed by atoms with Crippen molar-refractivity contribution in [2.75, 3.05) is 32.1 Å². The van der Waals surface area contributed by atoms with Crippen molar-refractivity contribution in [3.05, 3.63) is 59.4 Å². The van der Waals surface area contributed by atoms with E-state index >= 15 is 0 Å². The molecule has 6 heteroatoms. The molecule has 0 aliphatic rings. The van der Waals surface area contributed by atoms with Crippen molar-refractivity contribution in [2.45, 2.75) is 6.42 Å². The van der Waals surface area contributed by atoms with Gasteiger partial charge in [0, 0.05) is 17.3 Å². The molecule has 24 heavy (non-hydrogen) atoms. The number of carbonyl (C=O) groups excluding carboxylic acids is 1. The standard InChI is InChI=1S/C18H20ClFN2O2/c1-22(9-4-10-24-17-8-2-5-14(19)11-17)13-18(23)21-16-7-3-6-15(20)12-16/h2-3,5-8,11-12H,4,9-10,13H2,1H3,(H,21,23). The molecule has 0 heterocycles. The molecule has 0 atom stereocenters. The first-order valence-electron chi connectivity index (χ1n) is 7.65. The zero-order valence-electron chi connectivity index (χ0n) is 13.5. The van der Waals surface area contributed by atoms with Crippen molar-refractivity contribution < 1.29 is 13.9 Å². The van der Waals surface area contributed by atoms with Crippen molar-refractivity contribution in [3.8, 4) is 5.75 Å². The number of halogens is 2. The number of nitrogens with one attached hydrogen (secondary N) is 1. The van der Waals surface area contributed by atoms with Crippen LogP contribution in [0.2, 0.25) is 5.02 Å². The highest BCUT2D eigenvalue weighted by Crippen LogP contribution is 2.17. The fourth-order valence-corrected chi connectivity index (χ4v) is 2.35. The first kappa shape index (κ1) is 18.2. The normalized spacial score (nSPS) is 10.7. The lowest BCUT2D eigenvalue weighted by molar-refractivity contribution is -0.117. The van der Waals surface area contributed by atoms with Gasteiger partial charge in [0.15, 0.2) is 0 Å². The maximum absolute atomic E-state index is 13.1. The molecule has 1 N–H and O–H groups in total. The number of hydrogen-bond donors (Lipinski definition) is 1. The number of anilines is 1. The van der Waals surface area contributed by atoms with Crippen LogP contribution in [0, 0.1) is 5.82 Å². The molecule has 0 fully saturated rings. The smallest absolute Gasteiger partial charge is 0.238 e. The number of ether oxygens (including phenoxy) is 1. The summed E-state index contributed by atoms with van der Waals surface area (Å²) in [7, 11) is 1.85. The van der Waals surface area contributed by atoms with Crippen LogP contribution in [-0.2, 0) is 4.79 Å². The summed E-state index contributed by atoms with van der Waals surface area (Å²) in [6.45, 7) is 1.47. The molecule has 0 aromatic heterocycles. The Morgan fingerprint density at radius 3 is 2.79 bits per heavy atom. The lowest BCUT2D eigenvalue weighted by atomic mass is 10.3. The Bertz CT molecular complexity index is 682. The maximum Gasteiger partial charge on any atom is 0.238 e. The Labute approximate surface area is 146 Å². The number of nitrogens with zero attached hydrogens (tertiary/aromatic N) is 1. The van der Waals surface area contributed by atoms with E-state index < -0.39 is 0 Å². The van der Waals surface area contributed by atoms with Crippen molar-refractivity contribution in [1.29, 1.82) is 0 Å². The van der Waals surface area contributed by atoms with Gasteiger partial charge in [-0.1, -0.05) is 23.7 Å². The second-order valence-electron chi connectivity index (χ2n) is 5.46. The predicted molar refractivity (Wildman–Crippen MR) is 94.1 cm³/mol. The SMILES string of the molecule is CN(CCCOc1cccc(Cl)c1)CC(=O)Nc1cccc(F)c1. The minimum atomic E-state index is -0.376. The predicted octanol–water partition coefficient (Wildman–Crippen LogP) is 3.82. The first-order valence-corrected chi connectivity index (χ1v) is 8.03. The third-order valence-corrected chi connectivity index (χ3v) is 3.51. The summed E-state index contributed by atoms with van der Waals surface area (Å²) in [5.74, 6) is 0.173. The molecule has 0 bridgehead atoms. The summed E-state index contributed by atoms with van der Waals surface area (Å²) in [4.78, 5) is 13.8. The van der Waals surface area contributed by atoms with E-state index in [0.29, 0.717) is 23.9 Å². The maximum atomic E-state index is 13.1. The van der Waals surface area contributed by atoms with Crippen molar-refractivity contribution >= 4 is 23.2 Å². The molecular formula is C18H20ClFN2O2. The summed E-state index contributed by atoms with van der Waals surface area (Å²) < 4.78 is 18.7. The van der Waals surface area contributed by atoms with E-state index in [2.05, 4.69) is 5.32 Å². The van der Waals surface area contributed by atoms with Gasteiger partial charge in [0.2, 0.25) is 5.91 Å². The average molecular weight is 351 g/mol. The highest BCUT2D eigenvalue weighted by Gasteiger charge is 2.07. The Kier molecular flexibility index (Phi) is 7.03. The van der Waals surface area contributed by atoms with Gasteiger partial charge in [-0.25, -0.2) is 4.39 Å². The van der Waals surface area contributed by atoms with Crippen molar-refractivity contribution in [3.63, 3.8) is 0 Å². The largest absolute Gasteiger partial charge is 0.493 e. The molecule has 0 unspecified atom stereocenters. The minimum Gasteiger partial charge on any atom is -0.493 e. The zero-order valence-corrected chi connectivity index (χ0v) is 14.2. The molecule has 2 aromatic rings. The number of benzene rings is 2. The Morgan fingerprint density at radius 2 is 2.04 bits per heavy atom. The highest BCUT2D eigenvalue weighted by molar-refractivity contribution is 6.30. The van der Waals surface area contributed by atoms with Crippen LogP contribution in [-0.4, -0.2) is 37.6 Å². The van der Waals surface area contributed by atoms with Crippen LogP contribution in [0.3, 0.4) is 0 Å². The van der Waals surface area contributed by atoms with Gasteiger partial charge in [-0.3, -0.25) is 9.69 Å². The van der Waals surface area contributed by atoms with Gasteiger partial charge in [-0.2, -0.15) is 0 Å². The fourth-order valence-electron chi connectivity index (χ4n) is 2.17. The van der Waals surface area contributed by atoms with Crippen LogP contribution in [0.25, 0.3) is 0 Å². The van der Waals surface area contributed by atoms with Crippen molar-refractivity contribution in [1.82, 2.24) is 4.90 Å². The molecule has 128 valence electrons. The van der Waals surface area contributed by atoms with Gasteiger partial charge in [0.25, 0.3) is 0 Å². The summed E-state index contributed by atoms with van der Waals surface area (Å²) in [6, 6.07) is 13.1. The lowest BCUT2D eigenvalue weighted by Gasteiger charge is -2.16. The molecule has 2 rings (SSSR count). The monoisotopic (exact) mass is 350 g/mol. The van der Waals surface area contributed by atoms with E-state index in [-0.39, 0.29) is 18.3 Å². The first-order chi connectivity index (χ1) is 11.5. The lowest BCUT2D eigenvalue weighted by Crippen LogP contribution is -2.31. The van der Waals surface area contributed by atoms with Crippen LogP contribution < -0.4 is 10.1 Å². The highest BCUT2D eigenvalue weighted by atomic mass is 35.5. The van der Waals surface area contributed by atoms with Crippen LogP contribution in [0.4, 0.5) is 10.1 Å². The van der Waals surface area contributed by atoms with Crippen LogP contribution in [0.1, 0.15) is 6.42 Å². The van der Waals surface area contributed by atoms with Crippen molar-refractivity contribution in [2.24, 2.45) is 0 Å². The van der Waals surface area contributed by atoms with E-state index in [9.17, 15) is 9.18 Å². The Morgan fingerprint density at radius 1 is 1.25 bits per heavy atom. The number of amides is 1. The van der Waals surface area contributed by atoms with E-state index in [1.54, 1.807) is 24.3 Å². The third-order valence-electron chi connectivity index (χ3n) is 3.27. The second-order valence-corrected chi connectivity index (χ2v) is 5.89. The molecule has 2 aromatic carbocycles. The van der Waals surface area contributed by atoms with E-state index in [4.69, 9.17) is 16.3 Å². The van der Waals surface area contributed by atoms with Gasteiger partial charge in [-0.05, 0) is 49.9 Å². The van der Waals surface area contributed by atoms with Crippen LogP contribution in [0.5, 0.6) is 5.75 Å². The number of hydrogen-bond acceptors (Lipinski definition) is 3. The van der Waals surface area contributed by atoms with Gasteiger partial charge in [0.1, 0.15) is 11.6 Å². The molecule has 0 saturated heterocycles. The average Bonchev–Trinajstić information content (AvgIpc) is 2.51. The minimum absolute atomic E-state index is 0.182. The summed E-state index contributed by atoms with van der Waals surface area (Å²) in [5.41, 5.74) is 0.456. The molecule has 0 spiro atoms. The molecule has 0 aliphatic heterocycles. The van der Waals surface area contributed by atoms with E-state index in [0.717, 1.165) is 12.2 Å². The van der Waals surface area contributed by atoms with E-state index in [1.165, 1.54) is 12.1 Å². The molecule has 0 aliphatic carbocycles. The van der Waals surface area contributed by atoms with Crippen LogP contribution in [0.15, 0.2) is 48.5 Å². The number of likely N-dealkylation sites (N-methyl/N-ethyl adjacent to an activating group) is 1. The van der Waals surface area contributed by atoms with Gasteiger partial charge < -0.3 is 10.1 Å². The zero-order chi connectivity index (χ0) is 17.4. The summed E-state index contributed by atoms with van der Waals surface area (Å²) >= 11 is 5.89. The van der Waals surface area contributed by atoms with Gasteiger partial charge in [-0.15, -0.1) is 0 Å². The topological polar surface area (TPSA) is 41.6 Å². The Balaban J connectivity index is 1.65. The second kappa shape index (κ2) is 9.25. The van der Waals surface area contributed by atoms with Gasteiger partial charge >= 0.3 is 0 Å². The molecular weight excluding hydrogens is 331 g/mol. The Hall–Kier alpha value is -2.11. The summed E-state index contributed by atoms with van der Waals surface area (Å²) in [6.07, 6.45) is 0.774.